The molecule has 5 aromatic rings. The Morgan fingerprint density at radius 3 is 1.40 bits per heavy atom. The topological polar surface area (TPSA) is 53.4 Å². The molecule has 1 aromatic heterocycles. The van der Waals surface area contributed by atoms with Gasteiger partial charge in [0.15, 0.2) is 0 Å². The predicted octanol–water partition coefficient (Wildman–Crippen LogP) is 11.2. The number of benzene rings is 4. The van der Waals surface area contributed by atoms with E-state index in [-0.39, 0.29) is 10.8 Å². The first kappa shape index (κ1) is 32.5. The maximum atomic E-state index is 11.3. The Labute approximate surface area is 271 Å². The summed E-state index contributed by atoms with van der Waals surface area (Å²) in [6.45, 7) is 12.6. The summed E-state index contributed by atoms with van der Waals surface area (Å²) in [6, 6.07) is 28.1. The maximum absolute atomic E-state index is 11.3. The fourth-order valence-corrected chi connectivity index (χ4v) is 5.96. The Kier molecular flexibility index (Phi) is 10.4. The number of nitrogens with zero attached hydrogens (tertiary/aromatic N) is 1. The molecular formula is C35H35Cl2NO2SZr. The summed E-state index contributed by atoms with van der Waals surface area (Å²) in [5, 5.41) is 25.5. The van der Waals surface area contributed by atoms with Crippen LogP contribution < -0.4 is 0 Å². The number of para-hydroxylation sites is 2. The molecule has 0 aliphatic rings. The van der Waals surface area contributed by atoms with Crippen molar-refractivity contribution in [2.24, 2.45) is 0 Å². The molecule has 0 spiro atoms. The van der Waals surface area contributed by atoms with Gasteiger partial charge in [0.2, 0.25) is 0 Å². The summed E-state index contributed by atoms with van der Waals surface area (Å²) in [5.41, 5.74) is 7.78. The van der Waals surface area contributed by atoms with Gasteiger partial charge >= 0.3 is 37.9 Å². The quantitative estimate of drug-likeness (QED) is 0.197. The van der Waals surface area contributed by atoms with Gasteiger partial charge in [-0.1, -0.05) is 126 Å². The van der Waals surface area contributed by atoms with Crippen LogP contribution in [0.3, 0.4) is 0 Å². The zero-order chi connectivity index (χ0) is 30.7. The Morgan fingerprint density at radius 1 is 0.571 bits per heavy atom. The standard InChI is InChI=1S/C35H35NO2S.2ClH.Zr/c1-34(2,3)28-19-11-17-25(31(28)37)22-13-7-9-15-24(22)30-21-39-33(36-30)27-16-10-8-14-23(27)26-18-12-20-29(32(26)38)35(4,5)6;;;/h7-21,37-38H,1-6H3;2*1H;/q;;;+2/p-2. The number of phenols is 2. The van der Waals surface area contributed by atoms with Crippen LogP contribution in [-0.2, 0) is 31.7 Å². The summed E-state index contributed by atoms with van der Waals surface area (Å²) < 4.78 is 0. The van der Waals surface area contributed by atoms with E-state index < -0.39 is 20.8 Å². The third-order valence-corrected chi connectivity index (χ3v) is 8.01. The van der Waals surface area contributed by atoms with Crippen molar-refractivity contribution in [3.05, 3.63) is 101 Å². The van der Waals surface area contributed by atoms with Gasteiger partial charge in [0.1, 0.15) is 16.5 Å². The number of halogens is 2. The van der Waals surface area contributed by atoms with E-state index in [0.29, 0.717) is 11.5 Å². The van der Waals surface area contributed by atoms with Gasteiger partial charge in [0, 0.05) is 27.6 Å². The SMILES string of the molecule is CC(C)(C)c1cccc(-c2ccccc2-c2csc(-c3ccccc3-c3cccc(C(C)(C)C)c3O)n2)c1O.[Cl][Zr][Cl]. The molecule has 5 rings (SSSR count). The van der Waals surface area contributed by atoms with Crippen molar-refractivity contribution >= 4 is 28.4 Å². The average Bonchev–Trinajstić information content (AvgIpc) is 3.43. The molecule has 4 aromatic carbocycles. The van der Waals surface area contributed by atoms with E-state index in [1.807, 2.05) is 72.8 Å². The molecule has 0 atom stereocenters. The van der Waals surface area contributed by atoms with E-state index >= 15 is 0 Å². The fraction of sp³-hybridized carbons (Fsp3) is 0.229. The van der Waals surface area contributed by atoms with Crippen molar-refractivity contribution in [1.82, 2.24) is 4.98 Å². The summed E-state index contributed by atoms with van der Waals surface area (Å²) >= 11 is 0.757. The van der Waals surface area contributed by atoms with Crippen molar-refractivity contribution in [3.8, 4) is 55.6 Å². The van der Waals surface area contributed by atoms with Gasteiger partial charge < -0.3 is 10.2 Å². The zero-order valence-corrected chi connectivity index (χ0v) is 29.5. The van der Waals surface area contributed by atoms with Crippen LogP contribution >= 0.6 is 28.4 Å². The Morgan fingerprint density at radius 2 is 0.952 bits per heavy atom. The third-order valence-electron chi connectivity index (χ3n) is 7.13. The molecule has 2 N–H and O–H groups in total. The number of phenolic OH excluding ortho intramolecular Hbond substituents is 2. The minimum absolute atomic E-state index is 0.178. The normalized spacial score (nSPS) is 11.5. The van der Waals surface area contributed by atoms with Crippen LogP contribution in [0, 0.1) is 0 Å². The molecule has 0 amide bonds. The molecule has 0 aliphatic carbocycles. The summed E-state index contributed by atoms with van der Waals surface area (Å²) in [6.07, 6.45) is 0. The van der Waals surface area contributed by atoms with Crippen LogP contribution in [0.2, 0.25) is 0 Å². The number of hydrogen-bond donors (Lipinski definition) is 2. The molecule has 0 fully saturated rings. The van der Waals surface area contributed by atoms with E-state index in [1.54, 1.807) is 11.3 Å². The van der Waals surface area contributed by atoms with E-state index in [0.717, 1.165) is 55.2 Å². The molecule has 0 bridgehead atoms. The number of aromatic hydroxyl groups is 2. The second-order valence-electron chi connectivity index (χ2n) is 12.1. The zero-order valence-electron chi connectivity index (χ0n) is 24.7. The van der Waals surface area contributed by atoms with E-state index in [1.165, 1.54) is 0 Å². The summed E-state index contributed by atoms with van der Waals surface area (Å²) in [4.78, 5) is 5.08. The van der Waals surface area contributed by atoms with Gasteiger partial charge in [-0.3, -0.25) is 0 Å². The van der Waals surface area contributed by atoms with Crippen LogP contribution in [0.4, 0.5) is 0 Å². The minimum atomic E-state index is -0.826. The third kappa shape index (κ3) is 7.03. The first-order valence-corrected chi connectivity index (χ1v) is 20.9. The summed E-state index contributed by atoms with van der Waals surface area (Å²) in [5.74, 6) is 0.626. The predicted molar refractivity (Wildman–Crippen MR) is 176 cm³/mol. The van der Waals surface area contributed by atoms with Crippen LogP contribution in [0.15, 0.2) is 90.3 Å². The Bertz CT molecular complexity index is 1560. The monoisotopic (exact) mass is 693 g/mol. The Balaban J connectivity index is 0.00000129. The van der Waals surface area contributed by atoms with E-state index in [4.69, 9.17) is 22.0 Å². The second kappa shape index (κ2) is 13.5. The van der Waals surface area contributed by atoms with Crippen LogP contribution in [0.25, 0.3) is 44.1 Å². The van der Waals surface area contributed by atoms with Crippen LogP contribution in [0.5, 0.6) is 11.5 Å². The molecule has 0 radical (unpaired) electrons. The van der Waals surface area contributed by atoms with Crippen molar-refractivity contribution in [3.63, 3.8) is 0 Å². The average molecular weight is 696 g/mol. The molecule has 0 saturated heterocycles. The summed E-state index contributed by atoms with van der Waals surface area (Å²) in [7, 11) is 9.87. The molecule has 42 heavy (non-hydrogen) atoms. The first-order valence-electron chi connectivity index (χ1n) is 13.6. The van der Waals surface area contributed by atoms with Crippen LogP contribution in [0.1, 0.15) is 52.7 Å². The molecule has 0 unspecified atom stereocenters. The van der Waals surface area contributed by atoms with Gasteiger partial charge in [-0.05, 0) is 33.1 Å². The first-order chi connectivity index (χ1) is 19.9. The fourth-order valence-electron chi connectivity index (χ4n) is 5.10. The molecule has 3 nitrogen and oxygen atoms in total. The van der Waals surface area contributed by atoms with Crippen molar-refractivity contribution in [2.75, 3.05) is 0 Å². The number of aromatic nitrogens is 1. The number of rotatable bonds is 4. The second-order valence-corrected chi connectivity index (χ2v) is 16.7. The van der Waals surface area contributed by atoms with Crippen molar-refractivity contribution in [2.45, 2.75) is 52.4 Å². The van der Waals surface area contributed by atoms with Crippen LogP contribution in [-0.4, -0.2) is 15.2 Å². The van der Waals surface area contributed by atoms with Gasteiger partial charge in [0.05, 0.1) is 5.69 Å². The van der Waals surface area contributed by atoms with Crippen molar-refractivity contribution < 1.29 is 31.1 Å². The number of hydrogen-bond acceptors (Lipinski definition) is 4. The van der Waals surface area contributed by atoms with E-state index in [9.17, 15) is 10.2 Å². The molecule has 0 saturated carbocycles. The van der Waals surface area contributed by atoms with Gasteiger partial charge in [0.25, 0.3) is 0 Å². The molecule has 1 heterocycles. The molecule has 0 aliphatic heterocycles. The molecule has 216 valence electrons. The molecular weight excluding hydrogens is 661 g/mol. The molecule has 7 heteroatoms. The van der Waals surface area contributed by atoms with Gasteiger partial charge in [-0.25, -0.2) is 4.98 Å². The van der Waals surface area contributed by atoms with Gasteiger partial charge in [-0.2, -0.15) is 0 Å². The van der Waals surface area contributed by atoms with E-state index in [2.05, 4.69) is 59.1 Å². The van der Waals surface area contributed by atoms with Crippen molar-refractivity contribution in [1.29, 1.82) is 0 Å². The Hall–Kier alpha value is -2.43. The van der Waals surface area contributed by atoms with Gasteiger partial charge in [-0.15, -0.1) is 11.3 Å². The number of thiazole rings is 1.